The summed E-state index contributed by atoms with van der Waals surface area (Å²) in [6.45, 7) is 2.33. The maximum absolute atomic E-state index is 13.7. The number of Topliss-reactive ketones (excluding diaryl/α,β-unsaturated/α-hetero) is 2. The summed E-state index contributed by atoms with van der Waals surface area (Å²) in [5, 5.41) is 31.7. The number of phosphoric ester groups is 1. The van der Waals surface area contributed by atoms with Gasteiger partial charge in [-0.15, -0.1) is 0 Å². The number of unbranched alkanes of at least 4 members (excludes halogenated alkanes) is 22. The molecule has 0 spiro atoms. The number of carbonyl (C=O) groups is 3. The third-order valence-corrected chi connectivity index (χ3v) is 10.8. The van der Waals surface area contributed by atoms with Crippen LogP contribution in [-0.4, -0.2) is 63.6 Å². The molecule has 0 aliphatic rings. The maximum Gasteiger partial charge on any atom is 1.00 e. The van der Waals surface area contributed by atoms with E-state index in [1.165, 1.54) is 77.0 Å². The molecule has 0 rings (SSSR count). The molecule has 0 saturated carbocycles. The van der Waals surface area contributed by atoms with E-state index in [9.17, 15) is 39.2 Å². The number of nitrogens with two attached hydrogens (primary N) is 1. The fourth-order valence-corrected chi connectivity index (χ4v) is 7.44. The van der Waals surface area contributed by atoms with Crippen LogP contribution in [0.15, 0.2) is 24.3 Å². The summed E-state index contributed by atoms with van der Waals surface area (Å²) >= 11 is 0. The molecule has 0 aliphatic carbocycles. The van der Waals surface area contributed by atoms with Crippen LogP contribution < -0.4 is 40.4 Å². The van der Waals surface area contributed by atoms with Gasteiger partial charge in [0.15, 0.2) is 11.6 Å². The number of aliphatic hydroxyl groups excluding tert-OH is 2. The molecule has 316 valence electrons. The third kappa shape index (κ3) is 29.2. The minimum absolute atomic E-state index is 0. The molecule has 0 heterocycles. The largest absolute Gasteiger partial charge is 1.00 e. The van der Waals surface area contributed by atoms with Gasteiger partial charge in [-0.2, -0.15) is 0 Å². The van der Waals surface area contributed by atoms with Crippen LogP contribution in [0.3, 0.4) is 0 Å². The summed E-state index contributed by atoms with van der Waals surface area (Å²) in [5.41, 5.74) is 2.46. The number of hydrogen-bond donors (Lipinski definition) is 4. The number of carboxylic acids is 1. The standard InChI is InChI=1S/C42H78NO10P.Na/c1-3-5-7-9-11-13-15-17-19-21-23-25-27-29-31-33-38(45)42(40(47)35-44,53-54(50,51)52-36-37(43)41(48)49)39(46)34-32-30-28-26-24-22-20-18-16-14-12-10-8-6-4-2;/h17-20,37,40,44,47H,3-16,21-36,43H2,1-2H3,(H,48,49)(H,50,51);/q;+1/p-1/b19-17-,20-18-;/t37-,40-;/m0./s1. The van der Waals surface area contributed by atoms with Crippen molar-refractivity contribution in [2.75, 3.05) is 13.2 Å². The summed E-state index contributed by atoms with van der Waals surface area (Å²) in [7, 11) is -5.33. The Labute approximate surface area is 356 Å². The van der Waals surface area contributed by atoms with Crippen molar-refractivity contribution in [3.8, 4) is 0 Å². The molecule has 3 atom stereocenters. The number of hydrogen-bond acceptors (Lipinski definition) is 10. The van der Waals surface area contributed by atoms with Gasteiger partial charge >= 0.3 is 37.4 Å². The number of carboxylic acid groups (broad SMARTS) is 1. The molecule has 1 unspecified atom stereocenters. The van der Waals surface area contributed by atoms with E-state index in [0.717, 1.165) is 64.2 Å². The summed E-state index contributed by atoms with van der Waals surface area (Å²) in [4.78, 5) is 48.8. The molecule has 0 aliphatic heterocycles. The number of rotatable bonds is 40. The third-order valence-electron chi connectivity index (χ3n) is 9.78. The number of allylic oxidation sites excluding steroid dienone is 4. The summed E-state index contributed by atoms with van der Waals surface area (Å²) < 4.78 is 22.8. The molecule has 0 bridgehead atoms. The predicted molar refractivity (Wildman–Crippen MR) is 215 cm³/mol. The Morgan fingerprint density at radius 2 is 0.982 bits per heavy atom. The summed E-state index contributed by atoms with van der Waals surface area (Å²) in [6, 6.07) is -1.79. The van der Waals surface area contributed by atoms with E-state index in [-0.39, 0.29) is 42.4 Å². The maximum atomic E-state index is 13.7. The monoisotopic (exact) mass is 810 g/mol. The zero-order valence-electron chi connectivity index (χ0n) is 34.9. The van der Waals surface area contributed by atoms with Crippen molar-refractivity contribution >= 4 is 25.4 Å². The second-order valence-electron chi connectivity index (χ2n) is 14.7. The van der Waals surface area contributed by atoms with Gasteiger partial charge in [0.05, 0.1) is 25.2 Å². The predicted octanol–water partition coefficient (Wildman–Crippen LogP) is 5.51. The van der Waals surface area contributed by atoms with Crippen LogP contribution in [0, 0.1) is 0 Å². The Kier molecular flexibility index (Phi) is 38.5. The Hall–Kier alpha value is -0.720. The summed E-state index contributed by atoms with van der Waals surface area (Å²) in [5.74, 6) is -3.64. The first kappa shape index (κ1) is 56.4. The topological polar surface area (TPSA) is 197 Å². The molecule has 13 heteroatoms. The van der Waals surface area contributed by atoms with E-state index >= 15 is 0 Å². The van der Waals surface area contributed by atoms with Crippen molar-refractivity contribution in [2.45, 2.75) is 211 Å². The SMILES string of the molecule is CCCCCCCC/C=C\CCCCCCCC(=O)C(OP(=O)(O)OC[C@H](N)C(=O)[O-])(C(=O)CCCCCCC/C=C\CCCCCCCC)[C@@H](O)CO.[Na+]. The van der Waals surface area contributed by atoms with Gasteiger partial charge in [-0.05, 0) is 64.2 Å². The molecule has 0 amide bonds. The van der Waals surface area contributed by atoms with E-state index < -0.39 is 56.3 Å². The molecule has 0 radical (unpaired) electrons. The molecule has 0 saturated heterocycles. The van der Waals surface area contributed by atoms with Crippen molar-refractivity contribution in [1.82, 2.24) is 0 Å². The molecule has 0 aromatic carbocycles. The van der Waals surface area contributed by atoms with Crippen LogP contribution in [0.1, 0.15) is 194 Å². The zero-order valence-corrected chi connectivity index (χ0v) is 37.8. The van der Waals surface area contributed by atoms with Gasteiger partial charge in [-0.1, -0.05) is 141 Å². The zero-order chi connectivity index (χ0) is 40.3. The van der Waals surface area contributed by atoms with Crippen molar-refractivity contribution in [2.24, 2.45) is 5.73 Å². The average Bonchev–Trinajstić information content (AvgIpc) is 3.15. The first-order chi connectivity index (χ1) is 26.0. The molecular formula is C42H77NNaO10P. The first-order valence-electron chi connectivity index (χ1n) is 21.3. The molecule has 5 N–H and O–H groups in total. The fraction of sp³-hybridized carbons (Fsp3) is 0.833. The van der Waals surface area contributed by atoms with Crippen molar-refractivity contribution in [3.63, 3.8) is 0 Å². The molecule has 55 heavy (non-hydrogen) atoms. The Morgan fingerprint density at radius 1 is 0.655 bits per heavy atom. The minimum atomic E-state index is -5.33. The van der Waals surface area contributed by atoms with Gasteiger partial charge in [0.1, 0.15) is 6.10 Å². The van der Waals surface area contributed by atoms with Crippen LogP contribution in [0.2, 0.25) is 0 Å². The normalized spacial score (nSPS) is 14.2. The molecule has 0 aromatic rings. The fourth-order valence-electron chi connectivity index (χ4n) is 6.35. The Morgan fingerprint density at radius 3 is 1.31 bits per heavy atom. The molecule has 0 aromatic heterocycles. The van der Waals surface area contributed by atoms with Gasteiger partial charge in [-0.3, -0.25) is 18.6 Å². The number of aliphatic carboxylic acids is 1. The number of aliphatic hydroxyl groups is 2. The van der Waals surface area contributed by atoms with E-state index in [2.05, 4.69) is 38.2 Å². The van der Waals surface area contributed by atoms with Crippen molar-refractivity contribution in [3.05, 3.63) is 24.3 Å². The van der Waals surface area contributed by atoms with E-state index in [4.69, 9.17) is 14.8 Å². The molecule has 11 nitrogen and oxygen atoms in total. The Bertz CT molecular complexity index is 1020. The second-order valence-corrected chi connectivity index (χ2v) is 16.1. The van der Waals surface area contributed by atoms with Gasteiger partial charge in [-0.25, -0.2) is 4.57 Å². The number of ketones is 2. The van der Waals surface area contributed by atoms with Crippen LogP contribution in [0.4, 0.5) is 0 Å². The average molecular weight is 810 g/mol. The number of phosphoric acid groups is 1. The first-order valence-corrected chi connectivity index (χ1v) is 22.8. The van der Waals surface area contributed by atoms with Crippen LogP contribution in [0.25, 0.3) is 0 Å². The van der Waals surface area contributed by atoms with E-state index in [1.807, 2.05) is 0 Å². The van der Waals surface area contributed by atoms with Crippen molar-refractivity contribution in [1.29, 1.82) is 0 Å². The van der Waals surface area contributed by atoms with Crippen molar-refractivity contribution < 1.29 is 77.8 Å². The second kappa shape index (κ2) is 37.5. The smallest absolute Gasteiger partial charge is 0.548 e. The van der Waals surface area contributed by atoms with Crippen LogP contribution >= 0.6 is 7.82 Å². The minimum Gasteiger partial charge on any atom is -0.548 e. The molecule has 0 fully saturated rings. The van der Waals surface area contributed by atoms with E-state index in [1.54, 1.807) is 0 Å². The number of carbonyl (C=O) groups excluding carboxylic acids is 3. The molecular weight excluding hydrogens is 732 g/mol. The van der Waals surface area contributed by atoms with Crippen LogP contribution in [0.5, 0.6) is 0 Å². The van der Waals surface area contributed by atoms with Crippen LogP contribution in [-0.2, 0) is 28.0 Å². The quantitative estimate of drug-likeness (QED) is 0.0200. The van der Waals surface area contributed by atoms with Gasteiger partial charge < -0.3 is 30.7 Å². The summed E-state index contributed by atoms with van der Waals surface area (Å²) in [6.07, 6.45) is 33.3. The van der Waals surface area contributed by atoms with Gasteiger partial charge in [0, 0.05) is 12.8 Å². The van der Waals surface area contributed by atoms with Gasteiger partial charge in [0.2, 0.25) is 5.60 Å². The van der Waals surface area contributed by atoms with Gasteiger partial charge in [0.25, 0.3) is 0 Å². The van der Waals surface area contributed by atoms with E-state index in [0.29, 0.717) is 25.7 Å². The Balaban J connectivity index is 0.